The number of alkyl carbamates (subject to hydrolysis) is 1. The van der Waals surface area contributed by atoms with Crippen LogP contribution in [0.5, 0.6) is 0 Å². The van der Waals surface area contributed by atoms with E-state index in [9.17, 15) is 14.9 Å². The van der Waals surface area contributed by atoms with Crippen LogP contribution in [0.15, 0.2) is 18.2 Å². The van der Waals surface area contributed by atoms with Crippen molar-refractivity contribution in [3.8, 4) is 11.8 Å². The minimum Gasteiger partial charge on any atom is -0.444 e. The van der Waals surface area contributed by atoms with Crippen molar-refractivity contribution >= 4 is 11.8 Å². The number of nitro groups is 1. The van der Waals surface area contributed by atoms with Gasteiger partial charge in [0.2, 0.25) is 0 Å². The van der Waals surface area contributed by atoms with Crippen LogP contribution in [-0.2, 0) is 4.74 Å². The van der Waals surface area contributed by atoms with Crippen molar-refractivity contribution in [2.45, 2.75) is 39.7 Å². The highest BCUT2D eigenvalue weighted by molar-refractivity contribution is 5.67. The largest absolute Gasteiger partial charge is 0.444 e. The molecular weight excluding hydrogens is 284 g/mol. The number of ether oxygens (including phenoxy) is 1. The van der Waals surface area contributed by atoms with Crippen molar-refractivity contribution in [1.29, 1.82) is 0 Å². The lowest BCUT2D eigenvalue weighted by Crippen LogP contribution is -2.32. The van der Waals surface area contributed by atoms with Gasteiger partial charge in [-0.2, -0.15) is 0 Å². The fourth-order valence-electron chi connectivity index (χ4n) is 1.60. The van der Waals surface area contributed by atoms with Gasteiger partial charge >= 0.3 is 6.09 Å². The van der Waals surface area contributed by atoms with Crippen LogP contribution in [-0.4, -0.2) is 23.2 Å². The Morgan fingerprint density at radius 3 is 2.64 bits per heavy atom. The summed E-state index contributed by atoms with van der Waals surface area (Å²) in [5, 5.41) is 13.3. The summed E-state index contributed by atoms with van der Waals surface area (Å²) in [7, 11) is 0. The molecule has 0 saturated heterocycles. The van der Waals surface area contributed by atoms with E-state index in [0.717, 1.165) is 11.1 Å². The fraction of sp³-hybridized carbons (Fsp3) is 0.438. The second-order valence-corrected chi connectivity index (χ2v) is 5.74. The van der Waals surface area contributed by atoms with Gasteiger partial charge in [0, 0.05) is 30.7 Å². The molecule has 0 aromatic heterocycles. The highest BCUT2D eigenvalue weighted by Crippen LogP contribution is 2.16. The van der Waals surface area contributed by atoms with Gasteiger partial charge in [0.1, 0.15) is 5.60 Å². The summed E-state index contributed by atoms with van der Waals surface area (Å²) in [5.74, 6) is 5.86. The lowest BCUT2D eigenvalue weighted by Gasteiger charge is -2.19. The zero-order valence-corrected chi connectivity index (χ0v) is 13.2. The van der Waals surface area contributed by atoms with Crippen LogP contribution in [0.4, 0.5) is 10.5 Å². The van der Waals surface area contributed by atoms with Crippen LogP contribution in [0.2, 0.25) is 0 Å². The van der Waals surface area contributed by atoms with Crippen LogP contribution in [0, 0.1) is 28.9 Å². The summed E-state index contributed by atoms with van der Waals surface area (Å²) in [6.07, 6.45) is -0.00354. The number of carbonyl (C=O) groups is 1. The Morgan fingerprint density at radius 1 is 1.41 bits per heavy atom. The molecule has 0 atom stereocenters. The van der Waals surface area contributed by atoms with Crippen LogP contribution < -0.4 is 5.32 Å². The maximum absolute atomic E-state index is 11.4. The van der Waals surface area contributed by atoms with E-state index in [4.69, 9.17) is 4.74 Å². The van der Waals surface area contributed by atoms with Gasteiger partial charge in [0.25, 0.3) is 5.69 Å². The molecule has 0 radical (unpaired) electrons. The molecule has 1 amide bonds. The molecule has 0 aliphatic carbocycles. The van der Waals surface area contributed by atoms with E-state index in [1.807, 2.05) is 0 Å². The first-order valence-electron chi connectivity index (χ1n) is 6.90. The number of nitrogens with zero attached hydrogens (tertiary/aromatic N) is 1. The molecule has 0 bridgehead atoms. The molecule has 1 aromatic rings. The molecule has 0 saturated carbocycles. The molecule has 22 heavy (non-hydrogen) atoms. The first-order chi connectivity index (χ1) is 10.2. The quantitative estimate of drug-likeness (QED) is 0.402. The van der Waals surface area contributed by atoms with Gasteiger partial charge in [-0.3, -0.25) is 10.1 Å². The van der Waals surface area contributed by atoms with Crippen LogP contribution >= 0.6 is 0 Å². The van der Waals surface area contributed by atoms with Crippen LogP contribution in [0.3, 0.4) is 0 Å². The third-order valence-corrected chi connectivity index (χ3v) is 2.56. The zero-order valence-electron chi connectivity index (χ0n) is 13.2. The number of benzene rings is 1. The number of amides is 1. The molecular formula is C16H20N2O4. The molecule has 1 rings (SSSR count). The minimum absolute atomic E-state index is 0.0506. The predicted molar refractivity (Wildman–Crippen MR) is 83.6 cm³/mol. The number of nitrogens with one attached hydrogen (secondary N) is 1. The first-order valence-corrected chi connectivity index (χ1v) is 6.90. The van der Waals surface area contributed by atoms with E-state index in [1.165, 1.54) is 12.1 Å². The predicted octanol–water partition coefficient (Wildman–Crippen LogP) is 3.17. The number of rotatable bonds is 3. The van der Waals surface area contributed by atoms with Gasteiger partial charge in [-0.15, -0.1) is 0 Å². The molecule has 0 aliphatic rings. The molecule has 6 heteroatoms. The van der Waals surface area contributed by atoms with Gasteiger partial charge in [0.15, 0.2) is 0 Å². The monoisotopic (exact) mass is 304 g/mol. The summed E-state index contributed by atoms with van der Waals surface area (Å²) in [6.45, 7) is 7.54. The van der Waals surface area contributed by atoms with Gasteiger partial charge in [-0.05, 0) is 39.3 Å². The molecule has 0 spiro atoms. The molecule has 6 nitrogen and oxygen atoms in total. The summed E-state index contributed by atoms with van der Waals surface area (Å²) < 4.78 is 5.10. The topological polar surface area (TPSA) is 81.5 Å². The molecule has 0 fully saturated rings. The van der Waals surface area contributed by atoms with E-state index in [2.05, 4.69) is 17.2 Å². The third-order valence-electron chi connectivity index (χ3n) is 2.56. The molecule has 1 N–H and O–H groups in total. The maximum atomic E-state index is 11.4. The highest BCUT2D eigenvalue weighted by Gasteiger charge is 2.15. The smallest absolute Gasteiger partial charge is 0.407 e. The number of carbonyl (C=O) groups excluding carboxylic acids is 1. The second kappa shape index (κ2) is 7.46. The lowest BCUT2D eigenvalue weighted by molar-refractivity contribution is -0.384. The van der Waals surface area contributed by atoms with E-state index in [-0.39, 0.29) is 5.69 Å². The summed E-state index contributed by atoms with van der Waals surface area (Å²) >= 11 is 0. The first kappa shape index (κ1) is 17.5. The third kappa shape index (κ3) is 6.27. The van der Waals surface area contributed by atoms with Gasteiger partial charge in [0.05, 0.1) is 4.92 Å². The normalized spacial score (nSPS) is 10.4. The Bertz CT molecular complexity index is 621. The molecule has 0 aliphatic heterocycles. The average molecular weight is 304 g/mol. The van der Waals surface area contributed by atoms with Gasteiger partial charge in [-0.25, -0.2) is 4.79 Å². The van der Waals surface area contributed by atoms with Crippen molar-refractivity contribution in [3.05, 3.63) is 39.4 Å². The van der Waals surface area contributed by atoms with Crippen molar-refractivity contribution in [2.75, 3.05) is 6.54 Å². The Balaban J connectivity index is 2.48. The van der Waals surface area contributed by atoms with Crippen LogP contribution in [0.25, 0.3) is 0 Å². The Kier molecular flexibility index (Phi) is 5.93. The van der Waals surface area contributed by atoms with Gasteiger partial charge in [-0.1, -0.05) is 11.8 Å². The summed E-state index contributed by atoms with van der Waals surface area (Å²) in [6, 6.07) is 4.54. The molecule has 1 aromatic carbocycles. The fourth-order valence-corrected chi connectivity index (χ4v) is 1.60. The van der Waals surface area contributed by atoms with Crippen molar-refractivity contribution in [1.82, 2.24) is 5.32 Å². The van der Waals surface area contributed by atoms with E-state index < -0.39 is 16.6 Å². The minimum atomic E-state index is -0.522. The SMILES string of the molecule is Cc1cc([N+](=O)[O-])ccc1C#CCCNC(=O)OC(C)(C)C. The molecule has 118 valence electrons. The van der Waals surface area contributed by atoms with E-state index in [0.29, 0.717) is 13.0 Å². The number of hydrogen-bond acceptors (Lipinski definition) is 4. The molecule has 0 unspecified atom stereocenters. The Morgan fingerprint density at radius 2 is 2.09 bits per heavy atom. The lowest BCUT2D eigenvalue weighted by atomic mass is 10.1. The molecule has 0 heterocycles. The number of aryl methyl sites for hydroxylation is 1. The number of non-ortho nitro benzene ring substituents is 1. The van der Waals surface area contributed by atoms with E-state index >= 15 is 0 Å². The summed E-state index contributed by atoms with van der Waals surface area (Å²) in [4.78, 5) is 21.6. The Hall–Kier alpha value is -2.55. The summed E-state index contributed by atoms with van der Waals surface area (Å²) in [5.41, 5.74) is 1.02. The van der Waals surface area contributed by atoms with E-state index in [1.54, 1.807) is 33.8 Å². The second-order valence-electron chi connectivity index (χ2n) is 5.74. The van der Waals surface area contributed by atoms with Gasteiger partial charge < -0.3 is 10.1 Å². The van der Waals surface area contributed by atoms with Crippen molar-refractivity contribution < 1.29 is 14.5 Å². The Labute approximate surface area is 130 Å². The maximum Gasteiger partial charge on any atom is 0.407 e. The van der Waals surface area contributed by atoms with Crippen molar-refractivity contribution in [2.24, 2.45) is 0 Å². The number of hydrogen-bond donors (Lipinski definition) is 1. The zero-order chi connectivity index (χ0) is 16.8. The van der Waals surface area contributed by atoms with Crippen LogP contribution in [0.1, 0.15) is 38.3 Å². The number of nitro benzene ring substituents is 1. The average Bonchev–Trinajstić information content (AvgIpc) is 2.37. The highest BCUT2D eigenvalue weighted by atomic mass is 16.6. The standard InChI is InChI=1S/C16H20N2O4/c1-12-11-14(18(20)21)9-8-13(12)7-5-6-10-17-15(19)22-16(2,3)4/h8-9,11H,6,10H2,1-4H3,(H,17,19). The van der Waals surface area contributed by atoms with Crippen molar-refractivity contribution in [3.63, 3.8) is 0 Å².